The van der Waals surface area contributed by atoms with Gasteiger partial charge >= 0.3 is 0 Å². The highest BCUT2D eigenvalue weighted by molar-refractivity contribution is 6.33. The van der Waals surface area contributed by atoms with Gasteiger partial charge in [0.25, 0.3) is 5.89 Å². The van der Waals surface area contributed by atoms with Crippen molar-refractivity contribution in [1.82, 2.24) is 24.7 Å². The molecule has 0 radical (unpaired) electrons. The van der Waals surface area contributed by atoms with Crippen LogP contribution in [0.4, 0.5) is 4.39 Å². The van der Waals surface area contributed by atoms with Gasteiger partial charge in [0.2, 0.25) is 5.82 Å². The molecule has 6 nitrogen and oxygen atoms in total. The molecule has 0 saturated heterocycles. The lowest BCUT2D eigenvalue weighted by Gasteiger charge is -1.98. The lowest BCUT2D eigenvalue weighted by molar-refractivity contribution is 0.432. The summed E-state index contributed by atoms with van der Waals surface area (Å²) in [4.78, 5) is 4.29. The third-order valence-electron chi connectivity index (χ3n) is 3.14. The average molecular weight is 316 g/mol. The highest BCUT2D eigenvalue weighted by Crippen LogP contribution is 2.28. The minimum Gasteiger partial charge on any atom is -0.334 e. The van der Waals surface area contributed by atoms with Crippen molar-refractivity contribution in [2.45, 2.75) is 0 Å². The van der Waals surface area contributed by atoms with Gasteiger partial charge in [-0.1, -0.05) is 16.8 Å². The summed E-state index contributed by atoms with van der Waals surface area (Å²) in [6.07, 6.45) is 3.37. The molecule has 0 saturated carbocycles. The van der Waals surface area contributed by atoms with Gasteiger partial charge in [-0.25, -0.2) is 4.39 Å². The summed E-state index contributed by atoms with van der Waals surface area (Å²) in [6, 6.07) is 7.59. The second-order valence-electron chi connectivity index (χ2n) is 4.56. The van der Waals surface area contributed by atoms with E-state index in [1.165, 1.54) is 18.2 Å². The molecule has 0 bridgehead atoms. The maximum atomic E-state index is 13.1. The number of rotatable bonds is 2. The Morgan fingerprint density at radius 3 is 2.95 bits per heavy atom. The first-order valence-corrected chi connectivity index (χ1v) is 6.67. The summed E-state index contributed by atoms with van der Waals surface area (Å²) < 4.78 is 20.0. The van der Waals surface area contributed by atoms with E-state index in [0.717, 1.165) is 5.56 Å². The maximum Gasteiger partial charge on any atom is 0.259 e. The van der Waals surface area contributed by atoms with Crippen LogP contribution < -0.4 is 0 Å². The van der Waals surface area contributed by atoms with E-state index in [1.807, 2.05) is 6.07 Å². The van der Waals surface area contributed by atoms with Crippen molar-refractivity contribution in [3.63, 3.8) is 0 Å². The molecule has 4 aromatic rings. The van der Waals surface area contributed by atoms with Crippen molar-refractivity contribution < 1.29 is 8.91 Å². The monoisotopic (exact) mass is 315 g/mol. The van der Waals surface area contributed by atoms with E-state index in [-0.39, 0.29) is 10.9 Å². The fourth-order valence-electron chi connectivity index (χ4n) is 2.07. The molecular formula is C14H7ClFN5O. The van der Waals surface area contributed by atoms with E-state index in [9.17, 15) is 4.39 Å². The van der Waals surface area contributed by atoms with Gasteiger partial charge in [0.15, 0.2) is 5.65 Å². The third kappa shape index (κ3) is 2.11. The van der Waals surface area contributed by atoms with Crippen molar-refractivity contribution in [2.24, 2.45) is 0 Å². The summed E-state index contributed by atoms with van der Waals surface area (Å²) in [5.74, 6) is 0.196. The van der Waals surface area contributed by atoms with Crippen molar-refractivity contribution in [3.05, 3.63) is 53.7 Å². The number of nitrogens with zero attached hydrogens (tertiary/aromatic N) is 5. The molecule has 0 spiro atoms. The van der Waals surface area contributed by atoms with Crippen molar-refractivity contribution in [2.75, 3.05) is 0 Å². The standard InChI is InChI=1S/C14H7ClFN5O/c15-11-5-9(16)2-3-10(11)14-18-13(20-22-14)8-1-4-12-19-17-7-21(12)6-8/h1-7H. The predicted octanol–water partition coefficient (Wildman–Crippen LogP) is 3.24. The van der Waals surface area contributed by atoms with Crippen molar-refractivity contribution in [1.29, 1.82) is 0 Å². The quantitative estimate of drug-likeness (QED) is 0.568. The molecule has 1 aromatic carbocycles. The SMILES string of the molecule is Fc1ccc(-c2nc(-c3ccc4nncn4c3)no2)c(Cl)c1. The Kier molecular flexibility index (Phi) is 2.87. The molecule has 0 fully saturated rings. The zero-order chi connectivity index (χ0) is 15.1. The summed E-state index contributed by atoms with van der Waals surface area (Å²) in [5, 5.41) is 11.9. The Hall–Kier alpha value is -2.80. The molecule has 0 N–H and O–H groups in total. The molecule has 8 heteroatoms. The summed E-state index contributed by atoms with van der Waals surface area (Å²) >= 11 is 5.99. The van der Waals surface area contributed by atoms with Crippen LogP contribution in [0, 0.1) is 5.82 Å². The largest absolute Gasteiger partial charge is 0.334 e. The molecule has 0 atom stereocenters. The van der Waals surface area contributed by atoms with E-state index >= 15 is 0 Å². The predicted molar refractivity (Wildman–Crippen MR) is 76.7 cm³/mol. The second-order valence-corrected chi connectivity index (χ2v) is 4.97. The van der Waals surface area contributed by atoms with Gasteiger partial charge in [-0.15, -0.1) is 10.2 Å². The molecule has 0 amide bonds. The molecule has 22 heavy (non-hydrogen) atoms. The normalized spacial score (nSPS) is 11.2. The Morgan fingerprint density at radius 2 is 2.09 bits per heavy atom. The highest BCUT2D eigenvalue weighted by Gasteiger charge is 2.14. The van der Waals surface area contributed by atoms with Gasteiger partial charge in [0, 0.05) is 11.8 Å². The first-order valence-electron chi connectivity index (χ1n) is 6.29. The Bertz CT molecular complexity index is 980. The van der Waals surface area contributed by atoms with Gasteiger partial charge in [-0.2, -0.15) is 4.98 Å². The van der Waals surface area contributed by atoms with E-state index in [4.69, 9.17) is 16.1 Å². The zero-order valence-corrected chi connectivity index (χ0v) is 11.7. The van der Waals surface area contributed by atoms with Gasteiger partial charge in [-0.05, 0) is 30.3 Å². The van der Waals surface area contributed by atoms with Crippen LogP contribution in [0.3, 0.4) is 0 Å². The lowest BCUT2D eigenvalue weighted by atomic mass is 10.2. The van der Waals surface area contributed by atoms with Crippen LogP contribution in [0.5, 0.6) is 0 Å². The van der Waals surface area contributed by atoms with Crippen molar-refractivity contribution >= 4 is 17.2 Å². The zero-order valence-electron chi connectivity index (χ0n) is 10.9. The number of hydrogen-bond acceptors (Lipinski definition) is 5. The fraction of sp³-hybridized carbons (Fsp3) is 0. The Labute approximate surface area is 128 Å². The summed E-state index contributed by atoms with van der Waals surface area (Å²) in [6.45, 7) is 0. The first-order chi connectivity index (χ1) is 10.7. The van der Waals surface area contributed by atoms with E-state index < -0.39 is 5.82 Å². The smallest absolute Gasteiger partial charge is 0.259 e. The molecule has 4 rings (SSSR count). The van der Waals surface area contributed by atoms with Crippen molar-refractivity contribution in [3.8, 4) is 22.8 Å². The molecule has 0 aliphatic carbocycles. The van der Waals surface area contributed by atoms with Crippen LogP contribution in [0.1, 0.15) is 0 Å². The Morgan fingerprint density at radius 1 is 1.18 bits per heavy atom. The minimum absolute atomic E-state index is 0.212. The second kappa shape index (κ2) is 4.88. The van der Waals surface area contributed by atoms with Gasteiger partial charge in [0.05, 0.1) is 10.6 Å². The topological polar surface area (TPSA) is 69.1 Å². The van der Waals surface area contributed by atoms with Gasteiger partial charge in [0.1, 0.15) is 12.1 Å². The van der Waals surface area contributed by atoms with E-state index in [1.54, 1.807) is 23.0 Å². The lowest BCUT2D eigenvalue weighted by Crippen LogP contribution is -1.87. The van der Waals surface area contributed by atoms with Gasteiger partial charge in [-0.3, -0.25) is 4.40 Å². The fourth-order valence-corrected chi connectivity index (χ4v) is 2.32. The molecular weight excluding hydrogens is 309 g/mol. The molecule has 3 heterocycles. The first kappa shape index (κ1) is 12.9. The maximum absolute atomic E-state index is 13.1. The van der Waals surface area contributed by atoms with E-state index in [0.29, 0.717) is 17.0 Å². The summed E-state index contributed by atoms with van der Waals surface area (Å²) in [7, 11) is 0. The van der Waals surface area contributed by atoms with Crippen LogP contribution in [-0.4, -0.2) is 24.7 Å². The summed E-state index contributed by atoms with van der Waals surface area (Å²) in [5.41, 5.74) is 1.93. The third-order valence-corrected chi connectivity index (χ3v) is 3.45. The van der Waals surface area contributed by atoms with Crippen LogP contribution in [0.15, 0.2) is 47.4 Å². The number of pyridine rings is 1. The van der Waals surface area contributed by atoms with E-state index in [2.05, 4.69) is 20.3 Å². The van der Waals surface area contributed by atoms with Crippen LogP contribution in [0.2, 0.25) is 5.02 Å². The van der Waals surface area contributed by atoms with Crippen LogP contribution >= 0.6 is 11.6 Å². The number of benzene rings is 1. The number of aromatic nitrogens is 5. The highest BCUT2D eigenvalue weighted by atomic mass is 35.5. The molecule has 108 valence electrons. The van der Waals surface area contributed by atoms with Crippen LogP contribution in [-0.2, 0) is 0 Å². The number of halogens is 2. The molecule has 0 aliphatic rings. The average Bonchev–Trinajstić information content (AvgIpc) is 3.15. The number of fused-ring (bicyclic) bond motifs is 1. The minimum atomic E-state index is -0.424. The number of hydrogen-bond donors (Lipinski definition) is 0. The van der Waals surface area contributed by atoms with Crippen LogP contribution in [0.25, 0.3) is 28.5 Å². The molecule has 0 aliphatic heterocycles. The van der Waals surface area contributed by atoms with Gasteiger partial charge < -0.3 is 4.52 Å². The molecule has 3 aromatic heterocycles. The Balaban J connectivity index is 1.77. The molecule has 0 unspecified atom stereocenters.